The second-order valence-corrected chi connectivity index (χ2v) is 9.16. The van der Waals surface area contributed by atoms with Crippen molar-refractivity contribution in [3.63, 3.8) is 0 Å². The number of imidazole rings is 2. The summed E-state index contributed by atoms with van der Waals surface area (Å²) in [4.78, 5) is 34.2. The smallest absolute Gasteiger partial charge is 0.255 e. The maximum absolute atomic E-state index is 12.6. The van der Waals surface area contributed by atoms with E-state index in [-0.39, 0.29) is 5.91 Å². The minimum absolute atomic E-state index is 0.199. The van der Waals surface area contributed by atoms with Crippen LogP contribution in [0.15, 0.2) is 91.8 Å². The number of hydrogen-bond donors (Lipinski definition) is 3. The van der Waals surface area contributed by atoms with E-state index in [1.54, 1.807) is 37.1 Å². The van der Waals surface area contributed by atoms with E-state index in [1.807, 2.05) is 66.2 Å². The molecule has 2 aromatic carbocycles. The summed E-state index contributed by atoms with van der Waals surface area (Å²) in [6.45, 7) is 1.95. The molecule has 0 radical (unpaired) electrons. The first-order chi connectivity index (χ1) is 19.1. The molecule has 5 aromatic heterocycles. The van der Waals surface area contributed by atoms with Crippen LogP contribution in [0.5, 0.6) is 0 Å². The molecule has 0 saturated carbocycles. The number of aryl methyl sites for hydroxylation is 1. The van der Waals surface area contributed by atoms with E-state index in [2.05, 4.69) is 35.5 Å². The highest BCUT2D eigenvalue weighted by molar-refractivity contribution is 6.04. The molecule has 1 amide bonds. The number of anilines is 1. The van der Waals surface area contributed by atoms with Gasteiger partial charge in [-0.1, -0.05) is 24.3 Å². The van der Waals surface area contributed by atoms with Gasteiger partial charge in [-0.25, -0.2) is 15.0 Å². The molecular formula is C29H21N9O. The monoisotopic (exact) mass is 511 g/mol. The normalized spacial score (nSPS) is 11.3. The van der Waals surface area contributed by atoms with Crippen LogP contribution in [0.25, 0.3) is 50.4 Å². The first kappa shape index (κ1) is 22.5. The fraction of sp³-hybridized carbons (Fsp3) is 0.0345. The lowest BCUT2D eigenvalue weighted by atomic mass is 10.1. The molecule has 5 heterocycles. The third-order valence-electron chi connectivity index (χ3n) is 6.49. The number of hydrogen-bond acceptors (Lipinski definition) is 6. The fourth-order valence-electron chi connectivity index (χ4n) is 4.59. The third-order valence-corrected chi connectivity index (χ3v) is 6.49. The topological polar surface area (TPSA) is 130 Å². The number of nitrogens with zero attached hydrogens (tertiary/aromatic N) is 6. The lowest BCUT2D eigenvalue weighted by Crippen LogP contribution is -2.11. The Morgan fingerprint density at radius 3 is 2.67 bits per heavy atom. The van der Waals surface area contributed by atoms with Crippen LogP contribution in [0.2, 0.25) is 0 Å². The molecule has 10 nitrogen and oxygen atoms in total. The number of aromatic nitrogens is 8. The highest BCUT2D eigenvalue weighted by atomic mass is 16.1. The van der Waals surface area contributed by atoms with Crippen molar-refractivity contribution in [3.05, 3.63) is 103 Å². The number of nitrogens with one attached hydrogen (secondary N) is 3. The van der Waals surface area contributed by atoms with Crippen LogP contribution in [0, 0.1) is 6.92 Å². The number of H-pyrrole nitrogens is 2. The number of pyridine rings is 2. The van der Waals surface area contributed by atoms with Crippen molar-refractivity contribution in [1.29, 1.82) is 0 Å². The summed E-state index contributed by atoms with van der Waals surface area (Å²) >= 11 is 0. The summed E-state index contributed by atoms with van der Waals surface area (Å²) in [5.74, 6) is 0.428. The number of carbonyl (C=O) groups excluding carboxylic acids is 1. The molecule has 7 aromatic rings. The number of carbonyl (C=O) groups is 1. The highest BCUT2D eigenvalue weighted by Crippen LogP contribution is 2.31. The number of aromatic amines is 2. The van der Waals surface area contributed by atoms with Gasteiger partial charge in [0.1, 0.15) is 11.2 Å². The molecule has 10 heteroatoms. The van der Waals surface area contributed by atoms with Crippen molar-refractivity contribution >= 4 is 33.7 Å². The Kier molecular flexibility index (Phi) is 5.22. The van der Waals surface area contributed by atoms with Crippen molar-refractivity contribution in [2.24, 2.45) is 0 Å². The van der Waals surface area contributed by atoms with Crippen LogP contribution in [0.1, 0.15) is 16.1 Å². The van der Waals surface area contributed by atoms with Crippen molar-refractivity contribution in [3.8, 4) is 28.3 Å². The zero-order valence-corrected chi connectivity index (χ0v) is 20.8. The van der Waals surface area contributed by atoms with Gasteiger partial charge in [0.15, 0.2) is 11.5 Å². The summed E-state index contributed by atoms with van der Waals surface area (Å²) < 4.78 is 1.96. The Balaban J connectivity index is 1.25. The first-order valence-corrected chi connectivity index (χ1v) is 12.3. The predicted octanol–water partition coefficient (Wildman–Crippen LogP) is 5.31. The molecule has 188 valence electrons. The number of benzene rings is 2. The Morgan fingerprint density at radius 1 is 0.949 bits per heavy atom. The molecule has 7 rings (SSSR count). The largest absolute Gasteiger partial charge is 0.336 e. The summed E-state index contributed by atoms with van der Waals surface area (Å²) in [6.07, 6.45) is 8.85. The van der Waals surface area contributed by atoms with Crippen LogP contribution in [-0.4, -0.2) is 45.6 Å². The molecule has 3 N–H and O–H groups in total. The van der Waals surface area contributed by atoms with E-state index in [1.165, 1.54) is 0 Å². The second-order valence-electron chi connectivity index (χ2n) is 9.16. The maximum atomic E-state index is 12.6. The lowest BCUT2D eigenvalue weighted by Gasteiger charge is -2.07. The van der Waals surface area contributed by atoms with Gasteiger partial charge in [0.25, 0.3) is 5.91 Å². The van der Waals surface area contributed by atoms with Crippen molar-refractivity contribution in [1.82, 2.24) is 39.7 Å². The predicted molar refractivity (Wildman–Crippen MR) is 148 cm³/mol. The average Bonchev–Trinajstić information content (AvgIpc) is 3.71. The SMILES string of the molecule is Cc1cn(-c2cccc3[nH]c(-c4n[nH]c5ncc(-c6cncc(NC(=O)c7ccccc7)c6)cc45)nc23)cn1. The quantitative estimate of drug-likeness (QED) is 0.287. The van der Waals surface area contributed by atoms with E-state index >= 15 is 0 Å². The average molecular weight is 512 g/mol. The van der Waals surface area contributed by atoms with Crippen LogP contribution in [0.3, 0.4) is 0 Å². The van der Waals surface area contributed by atoms with E-state index in [9.17, 15) is 4.79 Å². The highest BCUT2D eigenvalue weighted by Gasteiger charge is 2.17. The molecule has 0 aliphatic rings. The van der Waals surface area contributed by atoms with Crippen LogP contribution < -0.4 is 5.32 Å². The Labute approximate surface area is 221 Å². The minimum atomic E-state index is -0.199. The Bertz CT molecular complexity index is 1980. The number of rotatable bonds is 5. The van der Waals surface area contributed by atoms with Crippen molar-refractivity contribution < 1.29 is 4.79 Å². The fourth-order valence-corrected chi connectivity index (χ4v) is 4.59. The number of fused-ring (bicyclic) bond motifs is 2. The first-order valence-electron chi connectivity index (χ1n) is 12.3. The van der Waals surface area contributed by atoms with Gasteiger partial charge in [-0.05, 0) is 43.3 Å². The minimum Gasteiger partial charge on any atom is -0.336 e. The van der Waals surface area contributed by atoms with E-state index in [4.69, 9.17) is 4.98 Å². The molecule has 0 aliphatic heterocycles. The molecule has 0 bridgehead atoms. The molecule has 0 atom stereocenters. The van der Waals surface area contributed by atoms with Gasteiger partial charge in [0.2, 0.25) is 0 Å². The number of para-hydroxylation sites is 1. The maximum Gasteiger partial charge on any atom is 0.255 e. The molecule has 39 heavy (non-hydrogen) atoms. The van der Waals surface area contributed by atoms with Crippen molar-refractivity contribution in [2.75, 3.05) is 5.32 Å². The van der Waals surface area contributed by atoms with E-state index in [0.717, 1.165) is 38.9 Å². The molecule has 0 aliphatic carbocycles. The second kappa shape index (κ2) is 9.03. The van der Waals surface area contributed by atoms with Crippen LogP contribution >= 0.6 is 0 Å². The van der Waals surface area contributed by atoms with Gasteiger partial charge < -0.3 is 14.9 Å². The Morgan fingerprint density at radius 2 is 1.82 bits per heavy atom. The van der Waals surface area contributed by atoms with Crippen LogP contribution in [-0.2, 0) is 0 Å². The van der Waals surface area contributed by atoms with Gasteiger partial charge in [-0.15, -0.1) is 0 Å². The van der Waals surface area contributed by atoms with Gasteiger partial charge in [-0.3, -0.25) is 14.9 Å². The van der Waals surface area contributed by atoms with Gasteiger partial charge in [-0.2, -0.15) is 5.10 Å². The summed E-state index contributed by atoms with van der Waals surface area (Å²) in [5, 5.41) is 11.2. The summed E-state index contributed by atoms with van der Waals surface area (Å²) in [5.41, 5.74) is 7.67. The van der Waals surface area contributed by atoms with Crippen molar-refractivity contribution in [2.45, 2.75) is 6.92 Å². The third kappa shape index (κ3) is 4.09. The van der Waals surface area contributed by atoms with E-state index < -0.39 is 0 Å². The number of amides is 1. The molecule has 0 fully saturated rings. The van der Waals surface area contributed by atoms with Gasteiger partial charge in [0.05, 0.1) is 40.5 Å². The van der Waals surface area contributed by atoms with E-state index in [0.29, 0.717) is 28.4 Å². The lowest BCUT2D eigenvalue weighted by molar-refractivity contribution is 0.102. The molecule has 0 unspecified atom stereocenters. The summed E-state index contributed by atoms with van der Waals surface area (Å²) in [6, 6.07) is 18.9. The zero-order valence-electron chi connectivity index (χ0n) is 20.8. The molecule has 0 spiro atoms. The summed E-state index contributed by atoms with van der Waals surface area (Å²) in [7, 11) is 0. The van der Waals surface area contributed by atoms with Gasteiger partial charge in [0, 0.05) is 35.3 Å². The molecule has 0 saturated heterocycles. The van der Waals surface area contributed by atoms with Crippen LogP contribution in [0.4, 0.5) is 5.69 Å². The standard InChI is InChI=1S/C29H21N9O/c1-17-15-38(16-32-17)24-9-5-8-23-26(24)35-28(34-23)25-22-11-20(13-31-27(22)37-36-25)19-10-21(14-30-12-19)33-29(39)18-6-3-2-4-7-18/h2-16H,1H3,(H,33,39)(H,34,35)(H,31,36,37). The zero-order chi connectivity index (χ0) is 26.3. The van der Waals surface area contributed by atoms with Gasteiger partial charge >= 0.3 is 0 Å². The molecular weight excluding hydrogens is 490 g/mol. The Hall–Kier alpha value is -5.64.